The van der Waals surface area contributed by atoms with Gasteiger partial charge in [-0.15, -0.1) is 5.10 Å². The first kappa shape index (κ1) is 12.7. The molecule has 0 aliphatic rings. The predicted molar refractivity (Wildman–Crippen MR) is 78.1 cm³/mol. The Labute approximate surface area is 117 Å². The van der Waals surface area contributed by atoms with Crippen molar-refractivity contribution in [1.82, 2.24) is 20.0 Å². The van der Waals surface area contributed by atoms with Crippen molar-refractivity contribution in [1.29, 1.82) is 0 Å². The topological polar surface area (TPSA) is 69.6 Å². The summed E-state index contributed by atoms with van der Waals surface area (Å²) in [5.41, 5.74) is 9.28. The van der Waals surface area contributed by atoms with Crippen LogP contribution in [0.25, 0.3) is 10.9 Å². The van der Waals surface area contributed by atoms with E-state index in [1.54, 1.807) is 12.4 Å². The Bertz CT molecular complexity index is 714. The average molecular weight is 267 g/mol. The van der Waals surface area contributed by atoms with Crippen molar-refractivity contribution in [2.24, 2.45) is 5.73 Å². The largest absolute Gasteiger partial charge is 0.319 e. The van der Waals surface area contributed by atoms with Gasteiger partial charge in [-0.05, 0) is 12.5 Å². The third kappa shape index (κ3) is 2.16. The van der Waals surface area contributed by atoms with E-state index in [0.717, 1.165) is 35.1 Å². The maximum absolute atomic E-state index is 6.42. The van der Waals surface area contributed by atoms with Crippen molar-refractivity contribution >= 4 is 10.9 Å². The van der Waals surface area contributed by atoms with E-state index in [9.17, 15) is 0 Å². The van der Waals surface area contributed by atoms with Gasteiger partial charge in [0, 0.05) is 23.7 Å². The summed E-state index contributed by atoms with van der Waals surface area (Å²) in [5.74, 6) is 0. The van der Waals surface area contributed by atoms with E-state index >= 15 is 0 Å². The minimum Gasteiger partial charge on any atom is -0.319 e. The second-order valence-corrected chi connectivity index (χ2v) is 4.78. The van der Waals surface area contributed by atoms with Gasteiger partial charge in [0.05, 0.1) is 23.4 Å². The predicted octanol–water partition coefficient (Wildman–Crippen LogP) is 2.28. The van der Waals surface area contributed by atoms with E-state index < -0.39 is 0 Å². The lowest BCUT2D eigenvalue weighted by Crippen LogP contribution is -2.18. The summed E-state index contributed by atoms with van der Waals surface area (Å²) >= 11 is 0. The first-order valence-corrected chi connectivity index (χ1v) is 6.79. The molecule has 20 heavy (non-hydrogen) atoms. The van der Waals surface area contributed by atoms with Gasteiger partial charge in [0.25, 0.3) is 0 Å². The van der Waals surface area contributed by atoms with Crippen molar-refractivity contribution in [2.75, 3.05) is 0 Å². The van der Waals surface area contributed by atoms with E-state index in [1.807, 2.05) is 35.0 Å². The normalized spacial score (nSPS) is 12.7. The molecule has 1 atom stereocenters. The zero-order valence-corrected chi connectivity index (χ0v) is 11.4. The molecule has 0 aliphatic heterocycles. The summed E-state index contributed by atoms with van der Waals surface area (Å²) < 4.78 is 1.87. The Kier molecular flexibility index (Phi) is 3.43. The van der Waals surface area contributed by atoms with E-state index in [2.05, 4.69) is 22.2 Å². The lowest BCUT2D eigenvalue weighted by atomic mass is 10.0. The Morgan fingerprint density at radius 3 is 2.95 bits per heavy atom. The van der Waals surface area contributed by atoms with Gasteiger partial charge >= 0.3 is 0 Å². The molecule has 1 unspecified atom stereocenters. The van der Waals surface area contributed by atoms with Crippen LogP contribution in [0.4, 0.5) is 0 Å². The van der Waals surface area contributed by atoms with Crippen LogP contribution in [0, 0.1) is 0 Å². The van der Waals surface area contributed by atoms with Gasteiger partial charge in [0.2, 0.25) is 0 Å². The number of pyridine rings is 1. The number of hydrogen-bond acceptors (Lipinski definition) is 4. The highest BCUT2D eigenvalue weighted by atomic mass is 15.4. The summed E-state index contributed by atoms with van der Waals surface area (Å²) in [4.78, 5) is 4.46. The minimum atomic E-state index is -0.268. The van der Waals surface area contributed by atoms with Gasteiger partial charge in [0.1, 0.15) is 0 Å². The molecule has 5 nitrogen and oxygen atoms in total. The first-order valence-electron chi connectivity index (χ1n) is 6.79. The van der Waals surface area contributed by atoms with Gasteiger partial charge in [0.15, 0.2) is 0 Å². The summed E-state index contributed by atoms with van der Waals surface area (Å²) in [5, 5.41) is 9.17. The Morgan fingerprint density at radius 2 is 2.10 bits per heavy atom. The first-order chi connectivity index (χ1) is 9.81. The monoisotopic (exact) mass is 267 g/mol. The van der Waals surface area contributed by atoms with Crippen LogP contribution >= 0.6 is 0 Å². The molecule has 0 aliphatic carbocycles. The molecule has 2 N–H and O–H groups in total. The van der Waals surface area contributed by atoms with Crippen molar-refractivity contribution in [3.8, 4) is 0 Å². The van der Waals surface area contributed by atoms with Crippen LogP contribution in [-0.2, 0) is 6.54 Å². The van der Waals surface area contributed by atoms with Gasteiger partial charge in [-0.2, -0.15) is 0 Å². The van der Waals surface area contributed by atoms with Gasteiger partial charge in [-0.25, -0.2) is 4.68 Å². The standard InChI is InChI=1S/C15H17N5/c1-2-9-20-13(10-18-19-20)14(16)12-7-3-5-11-6-4-8-17-15(11)12/h3-8,10,14H,2,9,16H2,1H3. The Morgan fingerprint density at radius 1 is 1.25 bits per heavy atom. The third-order valence-electron chi connectivity index (χ3n) is 3.40. The second-order valence-electron chi connectivity index (χ2n) is 4.78. The molecule has 3 rings (SSSR count). The fourth-order valence-corrected chi connectivity index (χ4v) is 2.43. The summed E-state index contributed by atoms with van der Waals surface area (Å²) in [6, 6.07) is 9.77. The van der Waals surface area contributed by atoms with Crippen LogP contribution in [0.1, 0.15) is 30.6 Å². The fourth-order valence-electron chi connectivity index (χ4n) is 2.43. The van der Waals surface area contributed by atoms with Crippen LogP contribution in [0.5, 0.6) is 0 Å². The third-order valence-corrected chi connectivity index (χ3v) is 3.40. The SMILES string of the molecule is CCCn1nncc1C(N)c1cccc2cccnc12. The molecule has 2 heterocycles. The molecule has 0 spiro atoms. The quantitative estimate of drug-likeness (QED) is 0.787. The molecule has 0 saturated heterocycles. The number of nitrogens with zero attached hydrogens (tertiary/aromatic N) is 4. The molecular weight excluding hydrogens is 250 g/mol. The van der Waals surface area contributed by atoms with Gasteiger partial charge in [-0.1, -0.05) is 36.4 Å². The molecule has 1 aromatic carbocycles. The highest BCUT2D eigenvalue weighted by molar-refractivity contribution is 5.82. The highest BCUT2D eigenvalue weighted by Gasteiger charge is 2.17. The lowest BCUT2D eigenvalue weighted by molar-refractivity contribution is 0.544. The number of para-hydroxylation sites is 1. The minimum absolute atomic E-state index is 0.268. The maximum Gasteiger partial charge on any atom is 0.0800 e. The molecule has 0 saturated carbocycles. The molecular formula is C15H17N5. The Balaban J connectivity index is 2.08. The van der Waals surface area contributed by atoms with Crippen LogP contribution < -0.4 is 5.73 Å². The highest BCUT2D eigenvalue weighted by Crippen LogP contribution is 2.25. The molecule has 5 heteroatoms. The number of hydrogen-bond donors (Lipinski definition) is 1. The zero-order valence-electron chi connectivity index (χ0n) is 11.4. The van der Waals surface area contributed by atoms with Crippen LogP contribution in [0.3, 0.4) is 0 Å². The van der Waals surface area contributed by atoms with Crippen LogP contribution in [0.15, 0.2) is 42.7 Å². The number of nitrogens with two attached hydrogens (primary N) is 1. The summed E-state index contributed by atoms with van der Waals surface area (Å²) in [7, 11) is 0. The Hall–Kier alpha value is -2.27. The fraction of sp³-hybridized carbons (Fsp3) is 0.267. The van der Waals surface area contributed by atoms with E-state index in [-0.39, 0.29) is 6.04 Å². The number of aryl methyl sites for hydroxylation is 1. The molecule has 2 aromatic heterocycles. The summed E-state index contributed by atoms with van der Waals surface area (Å²) in [6.45, 7) is 2.93. The van der Waals surface area contributed by atoms with E-state index in [4.69, 9.17) is 5.73 Å². The van der Waals surface area contributed by atoms with Crippen molar-refractivity contribution < 1.29 is 0 Å². The van der Waals surface area contributed by atoms with E-state index in [1.165, 1.54) is 0 Å². The van der Waals surface area contributed by atoms with Crippen molar-refractivity contribution in [3.63, 3.8) is 0 Å². The summed E-state index contributed by atoms with van der Waals surface area (Å²) in [6.07, 6.45) is 4.53. The number of rotatable bonds is 4. The molecule has 0 radical (unpaired) electrons. The molecule has 3 aromatic rings. The lowest BCUT2D eigenvalue weighted by Gasteiger charge is -2.15. The van der Waals surface area contributed by atoms with Crippen LogP contribution in [0.2, 0.25) is 0 Å². The molecule has 0 amide bonds. The molecule has 102 valence electrons. The van der Waals surface area contributed by atoms with Crippen molar-refractivity contribution in [3.05, 3.63) is 54.0 Å². The van der Waals surface area contributed by atoms with Gasteiger partial charge in [-0.3, -0.25) is 4.98 Å². The van der Waals surface area contributed by atoms with Crippen LogP contribution in [-0.4, -0.2) is 20.0 Å². The zero-order chi connectivity index (χ0) is 13.9. The number of fused-ring (bicyclic) bond motifs is 1. The number of benzene rings is 1. The molecule has 0 fully saturated rings. The van der Waals surface area contributed by atoms with Gasteiger partial charge < -0.3 is 5.73 Å². The van der Waals surface area contributed by atoms with E-state index in [0.29, 0.717) is 0 Å². The average Bonchev–Trinajstić information content (AvgIpc) is 2.94. The maximum atomic E-state index is 6.42. The van der Waals surface area contributed by atoms with Crippen molar-refractivity contribution in [2.45, 2.75) is 25.9 Å². The second kappa shape index (κ2) is 5.38. The number of aromatic nitrogens is 4. The smallest absolute Gasteiger partial charge is 0.0800 e. The molecule has 0 bridgehead atoms.